The maximum atomic E-state index is 13.2. The molecule has 9 heteroatoms. The van der Waals surface area contributed by atoms with Crippen LogP contribution in [0.5, 0.6) is 5.75 Å². The van der Waals surface area contributed by atoms with E-state index in [2.05, 4.69) is 0 Å². The van der Waals surface area contributed by atoms with E-state index in [1.807, 2.05) is 0 Å². The van der Waals surface area contributed by atoms with Crippen molar-refractivity contribution in [3.63, 3.8) is 0 Å². The van der Waals surface area contributed by atoms with Gasteiger partial charge in [-0.05, 0) is 18.1 Å². The minimum absolute atomic E-state index is 0. The number of alkyl halides is 6. The monoisotopic (exact) mass is 365 g/mol. The highest BCUT2D eigenvalue weighted by Crippen LogP contribution is 2.44. The molecular weight excluding hydrogens is 348 g/mol. The van der Waals surface area contributed by atoms with Gasteiger partial charge in [0, 0.05) is 11.6 Å². The van der Waals surface area contributed by atoms with Gasteiger partial charge in [-0.25, -0.2) is 0 Å². The van der Waals surface area contributed by atoms with E-state index in [4.69, 9.17) is 10.5 Å². The van der Waals surface area contributed by atoms with Crippen LogP contribution in [0.3, 0.4) is 0 Å². The van der Waals surface area contributed by atoms with Gasteiger partial charge in [-0.3, -0.25) is 0 Å². The summed E-state index contributed by atoms with van der Waals surface area (Å²) in [6.07, 6.45) is -9.40. The second kappa shape index (κ2) is 7.61. The Morgan fingerprint density at radius 2 is 1.61 bits per heavy atom. The van der Waals surface area contributed by atoms with Crippen molar-refractivity contribution in [2.45, 2.75) is 38.7 Å². The number of benzene rings is 1. The van der Waals surface area contributed by atoms with Gasteiger partial charge in [0.2, 0.25) is 0 Å². The molecule has 0 aliphatic carbocycles. The topological polar surface area (TPSA) is 35.2 Å². The number of rotatable bonds is 4. The largest absolute Gasteiger partial charge is 0.496 e. The summed E-state index contributed by atoms with van der Waals surface area (Å²) < 4.78 is 82.6. The summed E-state index contributed by atoms with van der Waals surface area (Å²) in [6.45, 7) is 3.36. The highest BCUT2D eigenvalue weighted by Gasteiger charge is 2.41. The van der Waals surface area contributed by atoms with Gasteiger partial charge >= 0.3 is 12.4 Å². The summed E-state index contributed by atoms with van der Waals surface area (Å²) in [6, 6.07) is -0.453. The zero-order valence-electron chi connectivity index (χ0n) is 12.7. The molecule has 2 N–H and O–H groups in total. The average Bonchev–Trinajstić information content (AvgIpc) is 2.42. The molecule has 1 aromatic rings. The van der Waals surface area contributed by atoms with E-state index in [0.717, 1.165) is 7.11 Å². The Bertz CT molecular complexity index is 529. The molecule has 0 saturated carbocycles. The third-order valence-electron chi connectivity index (χ3n) is 3.59. The Hall–Kier alpha value is -1.15. The van der Waals surface area contributed by atoms with E-state index in [9.17, 15) is 26.3 Å². The van der Waals surface area contributed by atoms with Crippen molar-refractivity contribution >= 4 is 12.4 Å². The number of nitrogens with two attached hydrogens (primary N) is 1. The van der Waals surface area contributed by atoms with Crippen molar-refractivity contribution in [2.75, 3.05) is 7.11 Å². The summed E-state index contributed by atoms with van der Waals surface area (Å²) in [5.74, 6) is -0.860. The van der Waals surface area contributed by atoms with E-state index < -0.39 is 40.8 Å². The summed E-state index contributed by atoms with van der Waals surface area (Å²) in [5.41, 5.74) is 2.54. The molecule has 0 heterocycles. The second-order valence-corrected chi connectivity index (χ2v) is 5.05. The van der Waals surface area contributed by atoms with E-state index in [1.54, 1.807) is 13.8 Å². The molecule has 23 heavy (non-hydrogen) atoms. The van der Waals surface area contributed by atoms with Crippen molar-refractivity contribution in [3.8, 4) is 5.75 Å². The lowest BCUT2D eigenvalue weighted by molar-refractivity contribution is -0.143. The summed E-state index contributed by atoms with van der Waals surface area (Å²) in [5, 5.41) is 0. The Balaban J connectivity index is 0.00000484. The van der Waals surface area contributed by atoms with E-state index in [0.29, 0.717) is 12.5 Å². The molecule has 0 aromatic heterocycles. The first-order chi connectivity index (χ1) is 9.93. The molecule has 2 atom stereocenters. The molecule has 0 spiro atoms. The van der Waals surface area contributed by atoms with Crippen LogP contribution < -0.4 is 10.5 Å². The Morgan fingerprint density at radius 1 is 1.09 bits per heavy atom. The molecule has 1 aromatic carbocycles. The van der Waals surface area contributed by atoms with E-state index in [-0.39, 0.29) is 24.4 Å². The fourth-order valence-corrected chi connectivity index (χ4v) is 2.08. The molecule has 0 saturated heterocycles. The first-order valence-electron chi connectivity index (χ1n) is 6.55. The van der Waals surface area contributed by atoms with Crippen LogP contribution in [0.4, 0.5) is 26.3 Å². The standard InChI is InChI=1S/C14H17F6NO.ClH/c1-4-7(2)12(21)11-9(14(18,19)20)5-8(13(15,16)17)6-10(11)22-3;/h5-7,12H,4,21H2,1-3H3;1H/t7?,12-;/m1./s1. The third kappa shape index (κ3) is 4.91. The van der Waals surface area contributed by atoms with Crippen LogP contribution in [0.25, 0.3) is 0 Å². The fourth-order valence-electron chi connectivity index (χ4n) is 2.08. The van der Waals surface area contributed by atoms with Gasteiger partial charge in [0.05, 0.1) is 18.2 Å². The zero-order valence-corrected chi connectivity index (χ0v) is 13.5. The molecule has 134 valence electrons. The van der Waals surface area contributed by atoms with Crippen LogP contribution >= 0.6 is 12.4 Å². The molecule has 1 unspecified atom stereocenters. The number of methoxy groups -OCH3 is 1. The van der Waals surface area contributed by atoms with Gasteiger partial charge in [0.15, 0.2) is 0 Å². The molecule has 0 aliphatic heterocycles. The Morgan fingerprint density at radius 3 is 1.96 bits per heavy atom. The summed E-state index contributed by atoms with van der Waals surface area (Å²) >= 11 is 0. The van der Waals surface area contributed by atoms with Crippen LogP contribution in [0, 0.1) is 5.92 Å². The highest BCUT2D eigenvalue weighted by molar-refractivity contribution is 5.85. The van der Waals surface area contributed by atoms with Crippen LogP contribution in [-0.4, -0.2) is 7.11 Å². The predicted octanol–water partition coefficient (Wildman–Crippen LogP) is 5.20. The van der Waals surface area contributed by atoms with Crippen LogP contribution in [0.2, 0.25) is 0 Å². The SMILES string of the molecule is CCC(C)[C@@H](N)c1c(OC)cc(C(F)(F)F)cc1C(F)(F)F.Cl. The molecule has 2 nitrogen and oxygen atoms in total. The maximum absolute atomic E-state index is 13.2. The lowest BCUT2D eigenvalue weighted by atomic mass is 9.88. The van der Waals surface area contributed by atoms with E-state index >= 15 is 0 Å². The first kappa shape index (κ1) is 21.9. The van der Waals surface area contributed by atoms with Crippen LogP contribution in [0.1, 0.15) is 43.0 Å². The molecule has 0 radical (unpaired) electrons. The summed E-state index contributed by atoms with van der Waals surface area (Å²) in [4.78, 5) is 0. The quantitative estimate of drug-likeness (QED) is 0.744. The third-order valence-corrected chi connectivity index (χ3v) is 3.59. The van der Waals surface area contributed by atoms with Crippen molar-refractivity contribution in [1.29, 1.82) is 0 Å². The summed E-state index contributed by atoms with van der Waals surface area (Å²) in [7, 11) is 1.02. The van der Waals surface area contributed by atoms with Gasteiger partial charge in [-0.15, -0.1) is 12.4 Å². The number of halogens is 7. The Kier molecular flexibility index (Phi) is 7.23. The van der Waals surface area contributed by atoms with Gasteiger partial charge < -0.3 is 10.5 Å². The minimum atomic E-state index is -4.96. The van der Waals surface area contributed by atoms with Gasteiger partial charge in [-0.1, -0.05) is 20.3 Å². The molecular formula is C14H18ClF6NO. The average molecular weight is 366 g/mol. The molecule has 0 fully saturated rings. The maximum Gasteiger partial charge on any atom is 0.416 e. The minimum Gasteiger partial charge on any atom is -0.496 e. The van der Waals surface area contributed by atoms with Crippen LogP contribution in [-0.2, 0) is 12.4 Å². The predicted molar refractivity (Wildman–Crippen MR) is 76.6 cm³/mol. The van der Waals surface area contributed by atoms with E-state index in [1.165, 1.54) is 0 Å². The molecule has 0 aliphatic rings. The second-order valence-electron chi connectivity index (χ2n) is 5.05. The first-order valence-corrected chi connectivity index (χ1v) is 6.55. The van der Waals surface area contributed by atoms with Crippen molar-refractivity contribution < 1.29 is 31.1 Å². The lowest BCUT2D eigenvalue weighted by Gasteiger charge is -2.26. The number of hydrogen-bond acceptors (Lipinski definition) is 2. The normalized spacial score (nSPS) is 14.9. The zero-order chi connectivity index (χ0) is 17.3. The van der Waals surface area contributed by atoms with Gasteiger partial charge in [-0.2, -0.15) is 26.3 Å². The molecule has 0 amide bonds. The Labute approximate surface area is 136 Å². The van der Waals surface area contributed by atoms with Crippen molar-refractivity contribution in [2.24, 2.45) is 11.7 Å². The number of hydrogen-bond donors (Lipinski definition) is 1. The van der Waals surface area contributed by atoms with Gasteiger partial charge in [0.25, 0.3) is 0 Å². The molecule has 1 rings (SSSR count). The number of ether oxygens (including phenoxy) is 1. The highest BCUT2D eigenvalue weighted by atomic mass is 35.5. The van der Waals surface area contributed by atoms with Crippen molar-refractivity contribution in [3.05, 3.63) is 28.8 Å². The smallest absolute Gasteiger partial charge is 0.416 e. The fraction of sp³-hybridized carbons (Fsp3) is 0.571. The lowest BCUT2D eigenvalue weighted by Crippen LogP contribution is -2.24. The van der Waals surface area contributed by atoms with Gasteiger partial charge in [0.1, 0.15) is 5.75 Å². The molecule has 0 bridgehead atoms. The van der Waals surface area contributed by atoms with Crippen LogP contribution in [0.15, 0.2) is 12.1 Å². The van der Waals surface area contributed by atoms with Crippen molar-refractivity contribution in [1.82, 2.24) is 0 Å².